The molecule has 0 atom stereocenters. The highest BCUT2D eigenvalue weighted by molar-refractivity contribution is 5.53. The summed E-state index contributed by atoms with van der Waals surface area (Å²) in [6.07, 6.45) is 5.70. The van der Waals surface area contributed by atoms with Crippen LogP contribution in [0.3, 0.4) is 0 Å². The molecule has 0 amide bonds. The van der Waals surface area contributed by atoms with Gasteiger partial charge >= 0.3 is 0 Å². The van der Waals surface area contributed by atoms with Crippen molar-refractivity contribution in [3.05, 3.63) is 65.5 Å². The number of tetrazole rings is 1. The van der Waals surface area contributed by atoms with Crippen LogP contribution in [0.15, 0.2) is 48.5 Å². The van der Waals surface area contributed by atoms with E-state index < -0.39 is 0 Å². The van der Waals surface area contributed by atoms with Crippen molar-refractivity contribution in [2.45, 2.75) is 51.5 Å². The molecule has 1 heterocycles. The number of benzene rings is 2. The van der Waals surface area contributed by atoms with Gasteiger partial charge in [-0.15, -0.1) is 5.10 Å². The molecule has 0 saturated heterocycles. The van der Waals surface area contributed by atoms with Gasteiger partial charge in [0.1, 0.15) is 0 Å². The van der Waals surface area contributed by atoms with Gasteiger partial charge in [0.15, 0.2) is 5.82 Å². The molecule has 2 aromatic carbocycles. The van der Waals surface area contributed by atoms with Crippen molar-refractivity contribution < 1.29 is 0 Å². The van der Waals surface area contributed by atoms with Crippen LogP contribution in [0.2, 0.25) is 0 Å². The quantitative estimate of drug-likeness (QED) is 0.752. The third-order valence-corrected chi connectivity index (χ3v) is 5.40. The second-order valence-electron chi connectivity index (χ2n) is 7.33. The number of aryl methyl sites for hydroxylation is 2. The average molecular weight is 347 g/mol. The molecule has 134 valence electrons. The maximum absolute atomic E-state index is 4.48. The summed E-state index contributed by atoms with van der Waals surface area (Å²) < 4.78 is 1.90. The lowest BCUT2D eigenvalue weighted by Gasteiger charge is -2.38. The van der Waals surface area contributed by atoms with Crippen LogP contribution in [-0.2, 0) is 5.54 Å². The summed E-state index contributed by atoms with van der Waals surface area (Å²) in [5.74, 6) is 0.907. The van der Waals surface area contributed by atoms with Gasteiger partial charge in [-0.05, 0) is 60.9 Å². The number of para-hydroxylation sites is 1. The van der Waals surface area contributed by atoms with E-state index in [-0.39, 0.29) is 5.54 Å². The fraction of sp³-hybridized carbons (Fsp3) is 0.381. The van der Waals surface area contributed by atoms with Crippen molar-refractivity contribution in [1.82, 2.24) is 20.2 Å². The van der Waals surface area contributed by atoms with Gasteiger partial charge in [-0.25, -0.2) is 0 Å². The van der Waals surface area contributed by atoms with Gasteiger partial charge in [-0.2, -0.15) is 4.68 Å². The van der Waals surface area contributed by atoms with E-state index in [9.17, 15) is 0 Å². The van der Waals surface area contributed by atoms with E-state index in [1.165, 1.54) is 30.4 Å². The van der Waals surface area contributed by atoms with Gasteiger partial charge in [0.25, 0.3) is 0 Å². The van der Waals surface area contributed by atoms with Crippen molar-refractivity contribution in [3.8, 4) is 5.69 Å². The maximum atomic E-state index is 4.48. The number of rotatable bonds is 4. The van der Waals surface area contributed by atoms with Gasteiger partial charge < -0.3 is 5.32 Å². The fourth-order valence-electron chi connectivity index (χ4n) is 3.88. The van der Waals surface area contributed by atoms with E-state index >= 15 is 0 Å². The van der Waals surface area contributed by atoms with Crippen LogP contribution >= 0.6 is 0 Å². The molecule has 1 aliphatic carbocycles. The average Bonchev–Trinajstić information content (AvgIpc) is 3.16. The number of aromatic nitrogens is 4. The third-order valence-electron chi connectivity index (χ3n) is 5.40. The molecular formula is C21H25N5. The van der Waals surface area contributed by atoms with Crippen LogP contribution < -0.4 is 5.32 Å². The molecule has 0 spiro atoms. The Morgan fingerprint density at radius 1 is 0.923 bits per heavy atom. The first-order chi connectivity index (χ1) is 12.7. The largest absolute Gasteiger partial charge is 0.372 e. The Kier molecular flexibility index (Phi) is 4.45. The third kappa shape index (κ3) is 3.09. The van der Waals surface area contributed by atoms with Crippen LogP contribution in [0, 0.1) is 13.8 Å². The van der Waals surface area contributed by atoms with Crippen molar-refractivity contribution in [2.75, 3.05) is 5.32 Å². The number of nitrogens with one attached hydrogen (secondary N) is 1. The SMILES string of the molecule is Cc1ccc(-n2nnnc2C2(Nc3ccccc3C)CCCCC2)cc1. The number of hydrogen-bond donors (Lipinski definition) is 1. The van der Waals surface area contributed by atoms with E-state index in [1.54, 1.807) is 0 Å². The van der Waals surface area contributed by atoms with Crippen LogP contribution in [0.4, 0.5) is 5.69 Å². The standard InChI is InChI=1S/C21H25N5/c1-16-10-12-18(13-11-16)26-20(23-24-25-26)21(14-6-3-7-15-21)22-19-9-5-4-8-17(19)2/h4-5,8-13,22H,3,6-7,14-15H2,1-2H3. The lowest BCUT2D eigenvalue weighted by molar-refractivity contribution is 0.309. The molecule has 26 heavy (non-hydrogen) atoms. The summed E-state index contributed by atoms with van der Waals surface area (Å²) >= 11 is 0. The van der Waals surface area contributed by atoms with Gasteiger partial charge in [0.2, 0.25) is 0 Å². The Morgan fingerprint density at radius 3 is 2.38 bits per heavy atom. The zero-order chi connectivity index (χ0) is 18.0. The van der Waals surface area contributed by atoms with E-state index in [0.29, 0.717) is 0 Å². The van der Waals surface area contributed by atoms with Crippen LogP contribution in [-0.4, -0.2) is 20.2 Å². The van der Waals surface area contributed by atoms with Crippen molar-refractivity contribution in [1.29, 1.82) is 0 Å². The first-order valence-corrected chi connectivity index (χ1v) is 9.38. The molecular weight excluding hydrogens is 322 g/mol. The predicted molar refractivity (Wildman–Crippen MR) is 103 cm³/mol. The van der Waals surface area contributed by atoms with Crippen molar-refractivity contribution in [3.63, 3.8) is 0 Å². The first kappa shape index (κ1) is 16.8. The van der Waals surface area contributed by atoms with Gasteiger partial charge in [0.05, 0.1) is 11.2 Å². The van der Waals surface area contributed by atoms with Crippen molar-refractivity contribution >= 4 is 5.69 Å². The number of nitrogens with zero attached hydrogens (tertiary/aromatic N) is 4. The minimum absolute atomic E-state index is 0.237. The Labute approximate surface area is 154 Å². The van der Waals surface area contributed by atoms with Crippen LogP contribution in [0.5, 0.6) is 0 Å². The van der Waals surface area contributed by atoms with Crippen LogP contribution in [0.25, 0.3) is 5.69 Å². The second-order valence-corrected chi connectivity index (χ2v) is 7.33. The zero-order valence-electron chi connectivity index (χ0n) is 15.4. The number of anilines is 1. The molecule has 5 nitrogen and oxygen atoms in total. The molecule has 0 aliphatic heterocycles. The van der Waals surface area contributed by atoms with E-state index in [1.807, 2.05) is 4.68 Å². The molecule has 1 saturated carbocycles. The van der Waals surface area contributed by atoms with E-state index in [4.69, 9.17) is 0 Å². The summed E-state index contributed by atoms with van der Waals surface area (Å²) in [5, 5.41) is 16.6. The molecule has 3 aromatic rings. The normalized spacial score (nSPS) is 16.4. The maximum Gasteiger partial charge on any atom is 0.181 e. The van der Waals surface area contributed by atoms with E-state index in [2.05, 4.69) is 83.2 Å². The molecule has 0 radical (unpaired) electrons. The van der Waals surface area contributed by atoms with Gasteiger partial charge in [-0.3, -0.25) is 0 Å². The number of hydrogen-bond acceptors (Lipinski definition) is 4. The molecule has 5 heteroatoms. The van der Waals surface area contributed by atoms with Gasteiger partial charge in [0, 0.05) is 5.69 Å². The topological polar surface area (TPSA) is 55.6 Å². The Bertz CT molecular complexity index is 875. The highest BCUT2D eigenvalue weighted by Crippen LogP contribution is 2.40. The molecule has 0 bridgehead atoms. The fourth-order valence-corrected chi connectivity index (χ4v) is 3.88. The molecule has 1 aromatic heterocycles. The van der Waals surface area contributed by atoms with Gasteiger partial charge in [-0.1, -0.05) is 55.2 Å². The Balaban J connectivity index is 1.77. The van der Waals surface area contributed by atoms with Crippen LogP contribution in [0.1, 0.15) is 49.1 Å². The molecule has 1 aliphatic rings. The Hall–Kier alpha value is -2.69. The smallest absolute Gasteiger partial charge is 0.181 e. The van der Waals surface area contributed by atoms with E-state index in [0.717, 1.165) is 30.0 Å². The molecule has 0 unspecified atom stereocenters. The second kappa shape index (κ2) is 6.90. The highest BCUT2D eigenvalue weighted by atomic mass is 15.6. The summed E-state index contributed by atoms with van der Waals surface area (Å²) in [5.41, 5.74) is 4.40. The molecule has 4 rings (SSSR count). The minimum atomic E-state index is -0.237. The predicted octanol–water partition coefficient (Wildman–Crippen LogP) is 4.55. The summed E-state index contributed by atoms with van der Waals surface area (Å²) in [6.45, 7) is 4.23. The zero-order valence-corrected chi connectivity index (χ0v) is 15.4. The first-order valence-electron chi connectivity index (χ1n) is 9.38. The molecule has 1 fully saturated rings. The summed E-state index contributed by atoms with van der Waals surface area (Å²) in [7, 11) is 0. The monoisotopic (exact) mass is 347 g/mol. The summed E-state index contributed by atoms with van der Waals surface area (Å²) in [6, 6.07) is 16.8. The summed E-state index contributed by atoms with van der Waals surface area (Å²) in [4.78, 5) is 0. The molecule has 1 N–H and O–H groups in total. The highest BCUT2D eigenvalue weighted by Gasteiger charge is 2.39. The minimum Gasteiger partial charge on any atom is -0.372 e. The lowest BCUT2D eigenvalue weighted by Crippen LogP contribution is -2.40. The Morgan fingerprint density at radius 2 is 1.65 bits per heavy atom. The van der Waals surface area contributed by atoms with Crippen molar-refractivity contribution in [2.24, 2.45) is 0 Å². The lowest BCUT2D eigenvalue weighted by atomic mass is 9.80.